The Hall–Kier alpha value is -0.460. The van der Waals surface area contributed by atoms with Gasteiger partial charge in [0.1, 0.15) is 5.15 Å². The second-order valence-corrected chi connectivity index (χ2v) is 7.25. The highest BCUT2D eigenvalue weighted by Crippen LogP contribution is 2.59. The standard InChI is InChI=1S/C6H9ClN2O6P2/c7-5-3-4(1-2-8-5)9-6(16(10,11)12)17(13,14)15/h1-3,6H,(H,8,9)(H2,10,11,12)(H2,13,14,15). The smallest absolute Gasteiger partial charge is 0.360 e. The van der Waals surface area contributed by atoms with Crippen LogP contribution in [0.25, 0.3) is 0 Å². The van der Waals surface area contributed by atoms with Crippen molar-refractivity contribution in [2.24, 2.45) is 0 Å². The maximum Gasteiger partial charge on any atom is 0.360 e. The van der Waals surface area contributed by atoms with Gasteiger partial charge < -0.3 is 24.9 Å². The van der Waals surface area contributed by atoms with Gasteiger partial charge in [0.15, 0.2) is 0 Å². The fourth-order valence-electron chi connectivity index (χ4n) is 1.01. The summed E-state index contributed by atoms with van der Waals surface area (Å²) in [6.07, 6.45) is 1.22. The zero-order valence-electron chi connectivity index (χ0n) is 8.13. The van der Waals surface area contributed by atoms with Crippen LogP contribution in [0.1, 0.15) is 0 Å². The highest BCUT2D eigenvalue weighted by molar-refractivity contribution is 7.71. The molecule has 5 N–H and O–H groups in total. The van der Waals surface area contributed by atoms with E-state index in [4.69, 9.17) is 31.2 Å². The fourth-order valence-corrected chi connectivity index (χ4v) is 3.38. The zero-order chi connectivity index (χ0) is 13.3. The van der Waals surface area contributed by atoms with Crippen LogP contribution in [0.15, 0.2) is 18.3 Å². The molecule has 0 radical (unpaired) electrons. The molecule has 96 valence electrons. The van der Waals surface area contributed by atoms with E-state index < -0.39 is 20.7 Å². The van der Waals surface area contributed by atoms with Crippen molar-refractivity contribution < 1.29 is 28.7 Å². The van der Waals surface area contributed by atoms with Crippen molar-refractivity contribution in [2.75, 3.05) is 5.32 Å². The monoisotopic (exact) mass is 302 g/mol. The average Bonchev–Trinajstić information content (AvgIpc) is 2.10. The molecule has 1 aromatic rings. The Balaban J connectivity index is 3.04. The van der Waals surface area contributed by atoms with Crippen LogP contribution >= 0.6 is 26.8 Å². The van der Waals surface area contributed by atoms with E-state index in [1.54, 1.807) is 0 Å². The maximum absolute atomic E-state index is 11.0. The lowest BCUT2D eigenvalue weighted by atomic mass is 10.4. The van der Waals surface area contributed by atoms with Crippen molar-refractivity contribution in [1.29, 1.82) is 0 Å². The fraction of sp³-hybridized carbons (Fsp3) is 0.167. The van der Waals surface area contributed by atoms with Gasteiger partial charge in [-0.2, -0.15) is 0 Å². The van der Waals surface area contributed by atoms with Crippen LogP contribution in [-0.2, 0) is 9.13 Å². The predicted molar refractivity (Wildman–Crippen MR) is 60.7 cm³/mol. The maximum atomic E-state index is 11.0. The van der Waals surface area contributed by atoms with Gasteiger partial charge in [0.2, 0.25) is 5.52 Å². The highest BCUT2D eigenvalue weighted by Gasteiger charge is 2.43. The molecule has 17 heavy (non-hydrogen) atoms. The van der Waals surface area contributed by atoms with Crippen LogP contribution in [0.5, 0.6) is 0 Å². The summed E-state index contributed by atoms with van der Waals surface area (Å²) in [6.45, 7) is 0. The molecule has 0 saturated heterocycles. The quantitative estimate of drug-likeness (QED) is 0.406. The summed E-state index contributed by atoms with van der Waals surface area (Å²) in [6, 6.07) is 2.45. The second-order valence-electron chi connectivity index (χ2n) is 3.06. The molecule has 0 atom stereocenters. The van der Waals surface area contributed by atoms with Crippen LogP contribution in [0.2, 0.25) is 5.15 Å². The molecule has 0 fully saturated rings. The normalized spacial score (nSPS) is 12.8. The Kier molecular flexibility index (Phi) is 4.33. The van der Waals surface area contributed by atoms with Gasteiger partial charge in [0, 0.05) is 11.9 Å². The Morgan fingerprint density at radius 1 is 1.24 bits per heavy atom. The van der Waals surface area contributed by atoms with E-state index in [0.29, 0.717) is 0 Å². The first-order chi connectivity index (χ1) is 7.60. The van der Waals surface area contributed by atoms with Crippen molar-refractivity contribution in [1.82, 2.24) is 4.98 Å². The number of hydrogen-bond donors (Lipinski definition) is 5. The Labute approximate surface area is 101 Å². The number of nitrogens with one attached hydrogen (secondary N) is 1. The third kappa shape index (κ3) is 4.37. The molecule has 0 saturated carbocycles. The predicted octanol–water partition coefficient (Wildman–Crippen LogP) is 0.786. The number of nitrogens with zero attached hydrogens (tertiary/aromatic N) is 1. The third-order valence-corrected chi connectivity index (χ3v) is 5.20. The van der Waals surface area contributed by atoms with Crippen LogP contribution in [0.4, 0.5) is 5.69 Å². The van der Waals surface area contributed by atoms with E-state index >= 15 is 0 Å². The van der Waals surface area contributed by atoms with E-state index in [2.05, 4.69) is 4.98 Å². The van der Waals surface area contributed by atoms with E-state index in [0.717, 1.165) is 0 Å². The van der Waals surface area contributed by atoms with Gasteiger partial charge in [-0.1, -0.05) is 11.6 Å². The van der Waals surface area contributed by atoms with Gasteiger partial charge in [-0.3, -0.25) is 9.13 Å². The Morgan fingerprint density at radius 3 is 2.18 bits per heavy atom. The molecule has 0 bridgehead atoms. The van der Waals surface area contributed by atoms with E-state index in [9.17, 15) is 9.13 Å². The van der Waals surface area contributed by atoms with Crippen LogP contribution in [-0.4, -0.2) is 30.1 Å². The van der Waals surface area contributed by atoms with Crippen molar-refractivity contribution in [3.05, 3.63) is 23.5 Å². The molecule has 1 heterocycles. The minimum absolute atomic E-state index is 0.0187. The summed E-state index contributed by atoms with van der Waals surface area (Å²) in [5.41, 5.74) is -2.27. The van der Waals surface area contributed by atoms with Crippen molar-refractivity contribution in [2.45, 2.75) is 5.52 Å². The van der Waals surface area contributed by atoms with E-state index in [1.165, 1.54) is 18.3 Å². The Morgan fingerprint density at radius 2 is 1.76 bits per heavy atom. The molecule has 0 unspecified atom stereocenters. The zero-order valence-corrected chi connectivity index (χ0v) is 10.7. The SMILES string of the molecule is O=P(O)(O)C(Nc1ccnc(Cl)c1)P(=O)(O)O. The first kappa shape index (κ1) is 14.6. The number of rotatable bonds is 4. The second kappa shape index (κ2) is 5.04. The van der Waals surface area contributed by atoms with Crippen molar-refractivity contribution in [3.63, 3.8) is 0 Å². The summed E-state index contributed by atoms with van der Waals surface area (Å²) in [4.78, 5) is 39.0. The Bertz CT molecular complexity index is 477. The summed E-state index contributed by atoms with van der Waals surface area (Å²) in [5.74, 6) is 0. The van der Waals surface area contributed by atoms with Gasteiger partial charge in [-0.25, -0.2) is 4.98 Å². The van der Waals surface area contributed by atoms with E-state index in [-0.39, 0.29) is 10.8 Å². The average molecular weight is 303 g/mol. The number of halogens is 1. The molecular weight excluding hydrogens is 293 g/mol. The molecule has 0 aliphatic heterocycles. The van der Waals surface area contributed by atoms with E-state index in [1.807, 2.05) is 5.32 Å². The molecule has 8 nitrogen and oxygen atoms in total. The molecular formula is C6H9ClN2O6P2. The summed E-state index contributed by atoms with van der Waals surface area (Å²) < 4.78 is 21.9. The molecule has 0 aromatic carbocycles. The number of anilines is 1. The summed E-state index contributed by atoms with van der Waals surface area (Å²) in [7, 11) is -10.0. The molecule has 0 aliphatic rings. The van der Waals surface area contributed by atoms with Gasteiger partial charge in [0.05, 0.1) is 0 Å². The minimum atomic E-state index is -5.02. The first-order valence-electron chi connectivity index (χ1n) is 4.09. The topological polar surface area (TPSA) is 140 Å². The lowest BCUT2D eigenvalue weighted by Crippen LogP contribution is -2.19. The molecule has 1 rings (SSSR count). The number of aromatic nitrogens is 1. The lowest BCUT2D eigenvalue weighted by molar-refractivity contribution is 0.343. The first-order valence-corrected chi connectivity index (χ1v) is 7.83. The van der Waals surface area contributed by atoms with Gasteiger partial charge >= 0.3 is 15.2 Å². The van der Waals surface area contributed by atoms with Crippen molar-refractivity contribution in [3.8, 4) is 0 Å². The van der Waals surface area contributed by atoms with Gasteiger partial charge in [-0.05, 0) is 12.1 Å². The lowest BCUT2D eigenvalue weighted by Gasteiger charge is -2.21. The molecule has 11 heteroatoms. The molecule has 0 spiro atoms. The summed E-state index contributed by atoms with van der Waals surface area (Å²) in [5, 5.41) is 2.07. The van der Waals surface area contributed by atoms with Gasteiger partial charge in [-0.15, -0.1) is 0 Å². The van der Waals surface area contributed by atoms with Crippen molar-refractivity contribution >= 4 is 32.5 Å². The largest absolute Gasteiger partial charge is 0.362 e. The molecule has 1 aromatic heterocycles. The van der Waals surface area contributed by atoms with Crippen LogP contribution < -0.4 is 5.32 Å². The number of hydrogen-bond acceptors (Lipinski definition) is 4. The van der Waals surface area contributed by atoms with Crippen LogP contribution in [0.3, 0.4) is 0 Å². The molecule has 0 amide bonds. The van der Waals surface area contributed by atoms with Crippen LogP contribution in [0, 0.1) is 0 Å². The molecule has 0 aliphatic carbocycles. The highest BCUT2D eigenvalue weighted by atomic mass is 35.5. The van der Waals surface area contributed by atoms with Gasteiger partial charge in [0.25, 0.3) is 0 Å². The third-order valence-electron chi connectivity index (χ3n) is 1.66. The summed E-state index contributed by atoms with van der Waals surface area (Å²) >= 11 is 5.52. The minimum Gasteiger partial charge on any atom is -0.362 e. The number of pyridine rings is 1.